The number of anilines is 1. The van der Waals surface area contributed by atoms with Crippen LogP contribution in [0.1, 0.15) is 33.1 Å². The third-order valence-electron chi connectivity index (χ3n) is 4.84. The first kappa shape index (κ1) is 19.5. The highest BCUT2D eigenvalue weighted by Crippen LogP contribution is 2.31. The number of hydrogen-bond donors (Lipinski definition) is 2. The van der Waals surface area contributed by atoms with Gasteiger partial charge in [-0.1, -0.05) is 19.1 Å². The maximum atomic E-state index is 12.6. The van der Waals surface area contributed by atoms with Crippen LogP contribution in [-0.2, 0) is 4.74 Å². The Hall–Kier alpha value is -1.79. The molecule has 0 spiro atoms. The standard InChI is InChI=1S/C19H30N2O4/c1-4-15(2)25-17-8-6-5-7-16(17)20-18(23)21(3)13-19(14-22)9-11-24-12-10-19/h5-8,15,22H,4,9-14H2,1-3H3,(H,20,23)/t15-/m0/s1. The summed E-state index contributed by atoms with van der Waals surface area (Å²) in [7, 11) is 1.75. The molecule has 25 heavy (non-hydrogen) atoms. The van der Waals surface area contributed by atoms with E-state index in [1.54, 1.807) is 11.9 Å². The normalized spacial score (nSPS) is 17.6. The number of urea groups is 1. The van der Waals surface area contributed by atoms with E-state index in [1.807, 2.05) is 31.2 Å². The van der Waals surface area contributed by atoms with Gasteiger partial charge in [0, 0.05) is 32.2 Å². The molecule has 1 atom stereocenters. The molecule has 0 unspecified atom stereocenters. The lowest BCUT2D eigenvalue weighted by atomic mass is 9.80. The van der Waals surface area contributed by atoms with Gasteiger partial charge in [-0.3, -0.25) is 0 Å². The van der Waals surface area contributed by atoms with Crippen LogP contribution in [0.4, 0.5) is 10.5 Å². The third-order valence-corrected chi connectivity index (χ3v) is 4.84. The number of nitrogens with one attached hydrogen (secondary N) is 1. The zero-order chi connectivity index (χ0) is 18.3. The molecule has 1 aromatic carbocycles. The Morgan fingerprint density at radius 1 is 1.40 bits per heavy atom. The van der Waals surface area contributed by atoms with Gasteiger partial charge in [-0.15, -0.1) is 0 Å². The molecule has 1 aliphatic heterocycles. The van der Waals surface area contributed by atoms with Crippen molar-refractivity contribution >= 4 is 11.7 Å². The molecular formula is C19H30N2O4. The van der Waals surface area contributed by atoms with E-state index < -0.39 is 0 Å². The van der Waals surface area contributed by atoms with Crippen LogP contribution >= 0.6 is 0 Å². The molecule has 0 bridgehead atoms. The Bertz CT molecular complexity index is 558. The van der Waals surface area contributed by atoms with Gasteiger partial charge >= 0.3 is 6.03 Å². The average Bonchev–Trinajstić information content (AvgIpc) is 2.63. The minimum Gasteiger partial charge on any atom is -0.489 e. The molecule has 0 aromatic heterocycles. The zero-order valence-corrected chi connectivity index (χ0v) is 15.5. The molecular weight excluding hydrogens is 320 g/mol. The van der Waals surface area contributed by atoms with Gasteiger partial charge in [-0.05, 0) is 38.3 Å². The third kappa shape index (κ3) is 5.34. The number of rotatable bonds is 7. The monoisotopic (exact) mass is 350 g/mol. The zero-order valence-electron chi connectivity index (χ0n) is 15.5. The van der Waals surface area contributed by atoms with Gasteiger partial charge in [0.15, 0.2) is 0 Å². The van der Waals surface area contributed by atoms with E-state index >= 15 is 0 Å². The number of aliphatic hydroxyl groups is 1. The molecule has 6 heteroatoms. The number of para-hydroxylation sites is 2. The summed E-state index contributed by atoms with van der Waals surface area (Å²) in [6.07, 6.45) is 2.49. The fourth-order valence-corrected chi connectivity index (χ4v) is 2.93. The van der Waals surface area contributed by atoms with E-state index in [-0.39, 0.29) is 24.2 Å². The van der Waals surface area contributed by atoms with Gasteiger partial charge in [-0.25, -0.2) is 4.79 Å². The summed E-state index contributed by atoms with van der Waals surface area (Å²) in [5.74, 6) is 0.668. The van der Waals surface area contributed by atoms with E-state index in [2.05, 4.69) is 12.2 Å². The number of ether oxygens (including phenoxy) is 2. The average molecular weight is 350 g/mol. The lowest BCUT2D eigenvalue weighted by molar-refractivity contribution is -0.0255. The topological polar surface area (TPSA) is 71.0 Å². The summed E-state index contributed by atoms with van der Waals surface area (Å²) < 4.78 is 11.3. The molecule has 6 nitrogen and oxygen atoms in total. The number of nitrogens with zero attached hydrogens (tertiary/aromatic N) is 1. The molecule has 1 aromatic rings. The molecule has 0 saturated carbocycles. The minimum atomic E-state index is -0.281. The molecule has 2 amide bonds. The second-order valence-corrected chi connectivity index (χ2v) is 6.89. The quantitative estimate of drug-likeness (QED) is 0.793. The lowest BCUT2D eigenvalue weighted by Gasteiger charge is -2.38. The largest absolute Gasteiger partial charge is 0.489 e. The molecule has 2 rings (SSSR count). The minimum absolute atomic E-state index is 0.0572. The molecule has 1 saturated heterocycles. The SMILES string of the molecule is CC[C@H](C)Oc1ccccc1NC(=O)N(C)CC1(CO)CCOCC1. The summed E-state index contributed by atoms with van der Waals surface area (Å²) in [5.41, 5.74) is 0.376. The fourth-order valence-electron chi connectivity index (χ4n) is 2.93. The first-order valence-electron chi connectivity index (χ1n) is 8.96. The maximum Gasteiger partial charge on any atom is 0.321 e. The lowest BCUT2D eigenvalue weighted by Crippen LogP contribution is -2.45. The van der Waals surface area contributed by atoms with E-state index in [0.717, 1.165) is 19.3 Å². The van der Waals surface area contributed by atoms with E-state index in [9.17, 15) is 9.90 Å². The first-order valence-corrected chi connectivity index (χ1v) is 8.96. The molecule has 1 aliphatic rings. The summed E-state index contributed by atoms with van der Waals surface area (Å²) in [5, 5.41) is 12.7. The summed E-state index contributed by atoms with van der Waals surface area (Å²) in [6.45, 7) is 5.86. The van der Waals surface area contributed by atoms with Crippen LogP contribution in [0.15, 0.2) is 24.3 Å². The van der Waals surface area contributed by atoms with Crippen molar-refractivity contribution in [2.45, 2.75) is 39.2 Å². The van der Waals surface area contributed by atoms with Crippen molar-refractivity contribution in [1.82, 2.24) is 4.90 Å². The molecule has 1 fully saturated rings. The van der Waals surface area contributed by atoms with Gasteiger partial charge in [-0.2, -0.15) is 0 Å². The predicted octanol–water partition coefficient (Wildman–Crippen LogP) is 3.12. The van der Waals surface area contributed by atoms with Gasteiger partial charge in [0.1, 0.15) is 5.75 Å². The molecule has 140 valence electrons. The molecule has 1 heterocycles. The second kappa shape index (κ2) is 9.06. The van der Waals surface area contributed by atoms with E-state index in [1.165, 1.54) is 0 Å². The van der Waals surface area contributed by atoms with Crippen molar-refractivity contribution in [3.8, 4) is 5.75 Å². The van der Waals surface area contributed by atoms with Crippen molar-refractivity contribution in [2.24, 2.45) is 5.41 Å². The Labute approximate surface area is 150 Å². The van der Waals surface area contributed by atoms with Crippen molar-refractivity contribution < 1.29 is 19.4 Å². The van der Waals surface area contributed by atoms with Crippen LogP contribution in [0.25, 0.3) is 0 Å². The van der Waals surface area contributed by atoms with Gasteiger partial charge in [0.05, 0.1) is 18.4 Å². The van der Waals surface area contributed by atoms with Crippen LogP contribution < -0.4 is 10.1 Å². The first-order chi connectivity index (χ1) is 12.0. The Balaban J connectivity index is 2.01. The number of hydrogen-bond acceptors (Lipinski definition) is 4. The maximum absolute atomic E-state index is 12.6. The Kier molecular flexibility index (Phi) is 7.08. The van der Waals surface area contributed by atoms with Crippen LogP contribution in [-0.4, -0.2) is 55.6 Å². The van der Waals surface area contributed by atoms with Crippen LogP contribution in [0.2, 0.25) is 0 Å². The van der Waals surface area contributed by atoms with Crippen molar-refractivity contribution in [3.05, 3.63) is 24.3 Å². The molecule has 2 N–H and O–H groups in total. The Morgan fingerprint density at radius 2 is 2.08 bits per heavy atom. The summed E-state index contributed by atoms with van der Waals surface area (Å²) >= 11 is 0. The fraction of sp³-hybridized carbons (Fsp3) is 0.632. The predicted molar refractivity (Wildman–Crippen MR) is 98.0 cm³/mol. The number of carbonyl (C=O) groups excluding carboxylic acids is 1. The number of aliphatic hydroxyl groups excluding tert-OH is 1. The van der Waals surface area contributed by atoms with Crippen LogP contribution in [0.5, 0.6) is 5.75 Å². The van der Waals surface area contributed by atoms with E-state index in [4.69, 9.17) is 9.47 Å². The van der Waals surface area contributed by atoms with Gasteiger partial charge < -0.3 is 24.8 Å². The van der Waals surface area contributed by atoms with Gasteiger partial charge in [0.25, 0.3) is 0 Å². The molecule has 0 aliphatic carbocycles. The van der Waals surface area contributed by atoms with Gasteiger partial charge in [0.2, 0.25) is 0 Å². The van der Waals surface area contributed by atoms with Crippen LogP contribution in [0.3, 0.4) is 0 Å². The second-order valence-electron chi connectivity index (χ2n) is 6.89. The van der Waals surface area contributed by atoms with Crippen molar-refractivity contribution in [2.75, 3.05) is 38.7 Å². The highest BCUT2D eigenvalue weighted by atomic mass is 16.5. The number of amides is 2. The summed E-state index contributed by atoms with van der Waals surface area (Å²) in [4.78, 5) is 14.2. The van der Waals surface area contributed by atoms with Crippen molar-refractivity contribution in [1.29, 1.82) is 0 Å². The molecule has 0 radical (unpaired) electrons. The smallest absolute Gasteiger partial charge is 0.321 e. The van der Waals surface area contributed by atoms with Crippen LogP contribution in [0, 0.1) is 5.41 Å². The summed E-state index contributed by atoms with van der Waals surface area (Å²) in [6, 6.07) is 7.24. The van der Waals surface area contributed by atoms with E-state index in [0.29, 0.717) is 31.2 Å². The number of benzene rings is 1. The number of carbonyl (C=O) groups is 1. The highest BCUT2D eigenvalue weighted by Gasteiger charge is 2.34. The highest BCUT2D eigenvalue weighted by molar-refractivity contribution is 5.90. The Morgan fingerprint density at radius 3 is 2.72 bits per heavy atom. The van der Waals surface area contributed by atoms with Crippen molar-refractivity contribution in [3.63, 3.8) is 0 Å².